The number of piperidine rings is 1. The number of rotatable bonds is 0. The molecule has 0 bridgehead atoms. The Labute approximate surface area is 73.1 Å². The summed E-state index contributed by atoms with van der Waals surface area (Å²) in [6.07, 6.45) is 4.16. The largest absolute Gasteiger partial charge is 0.349 e. The number of likely N-dealkylation sites (N-methyl/N-ethyl adjacent to an activating group) is 1. The van der Waals surface area contributed by atoms with E-state index in [2.05, 4.69) is 17.3 Å². The molecule has 2 fully saturated rings. The van der Waals surface area contributed by atoms with Gasteiger partial charge in [-0.2, -0.15) is 0 Å². The van der Waals surface area contributed by atoms with Crippen LogP contribution in [0.5, 0.6) is 0 Å². The van der Waals surface area contributed by atoms with Gasteiger partial charge in [0.2, 0.25) is 5.91 Å². The first-order valence-corrected chi connectivity index (χ1v) is 4.70. The topological polar surface area (TPSA) is 32.3 Å². The molecule has 0 aromatic rings. The highest BCUT2D eigenvalue weighted by Gasteiger charge is 2.39. The SMILES string of the molecule is CN1CCCC2(CCC(=O)N2)C1. The molecule has 0 saturated carbocycles. The Hall–Kier alpha value is -0.570. The second kappa shape index (κ2) is 2.73. The molecule has 1 amide bonds. The van der Waals surface area contributed by atoms with Crippen LogP contribution in [0.25, 0.3) is 0 Å². The van der Waals surface area contributed by atoms with Crippen molar-refractivity contribution in [2.75, 3.05) is 20.1 Å². The van der Waals surface area contributed by atoms with Crippen LogP contribution in [0.2, 0.25) is 0 Å². The summed E-state index contributed by atoms with van der Waals surface area (Å²) in [5.74, 6) is 0.241. The first-order valence-electron chi connectivity index (χ1n) is 4.70. The average Bonchev–Trinajstić information content (AvgIpc) is 2.32. The standard InChI is InChI=1S/C9H16N2O/c1-11-6-2-4-9(7-11)5-3-8(12)10-9/h2-7H2,1H3,(H,10,12). The number of hydrogen-bond acceptors (Lipinski definition) is 2. The van der Waals surface area contributed by atoms with Crippen molar-refractivity contribution in [2.24, 2.45) is 0 Å². The van der Waals surface area contributed by atoms with E-state index in [9.17, 15) is 4.79 Å². The van der Waals surface area contributed by atoms with Crippen molar-refractivity contribution >= 4 is 5.91 Å². The first-order chi connectivity index (χ1) is 5.70. The predicted molar refractivity (Wildman–Crippen MR) is 46.8 cm³/mol. The van der Waals surface area contributed by atoms with E-state index in [0.717, 1.165) is 19.4 Å². The summed E-state index contributed by atoms with van der Waals surface area (Å²) < 4.78 is 0. The third-order valence-electron chi connectivity index (χ3n) is 3.00. The maximum absolute atomic E-state index is 11.1. The van der Waals surface area contributed by atoms with Crippen molar-refractivity contribution in [1.29, 1.82) is 0 Å². The van der Waals surface area contributed by atoms with E-state index in [-0.39, 0.29) is 11.4 Å². The van der Waals surface area contributed by atoms with Crippen LogP contribution < -0.4 is 5.32 Å². The summed E-state index contributed by atoms with van der Waals surface area (Å²) in [7, 11) is 2.13. The molecule has 2 rings (SSSR count). The third kappa shape index (κ3) is 1.33. The fraction of sp³-hybridized carbons (Fsp3) is 0.889. The number of likely N-dealkylation sites (tertiary alicyclic amines) is 1. The van der Waals surface area contributed by atoms with Gasteiger partial charge in [0, 0.05) is 13.0 Å². The van der Waals surface area contributed by atoms with Crippen molar-refractivity contribution in [3.05, 3.63) is 0 Å². The fourth-order valence-electron chi connectivity index (χ4n) is 2.44. The molecule has 2 saturated heterocycles. The molecule has 1 N–H and O–H groups in total. The highest BCUT2D eigenvalue weighted by molar-refractivity contribution is 5.79. The lowest BCUT2D eigenvalue weighted by Crippen LogP contribution is -2.53. The van der Waals surface area contributed by atoms with Gasteiger partial charge in [0.05, 0.1) is 5.54 Å². The fourth-order valence-corrected chi connectivity index (χ4v) is 2.44. The number of carbonyl (C=O) groups is 1. The molecule has 1 unspecified atom stereocenters. The van der Waals surface area contributed by atoms with Gasteiger partial charge in [0.15, 0.2) is 0 Å². The molecule has 1 atom stereocenters. The van der Waals surface area contributed by atoms with Crippen LogP contribution in [0.1, 0.15) is 25.7 Å². The maximum Gasteiger partial charge on any atom is 0.220 e. The minimum atomic E-state index is 0.143. The molecule has 0 aromatic carbocycles. The Kier molecular flexibility index (Phi) is 1.83. The Morgan fingerprint density at radius 2 is 2.33 bits per heavy atom. The zero-order valence-corrected chi connectivity index (χ0v) is 7.60. The van der Waals surface area contributed by atoms with Crippen LogP contribution >= 0.6 is 0 Å². The zero-order chi connectivity index (χ0) is 8.60. The zero-order valence-electron chi connectivity index (χ0n) is 7.60. The molecule has 1 spiro atoms. The maximum atomic E-state index is 11.1. The van der Waals surface area contributed by atoms with E-state index in [1.54, 1.807) is 0 Å². The van der Waals surface area contributed by atoms with Crippen molar-refractivity contribution < 1.29 is 4.79 Å². The number of carbonyl (C=O) groups excluding carboxylic acids is 1. The van der Waals surface area contributed by atoms with Gasteiger partial charge in [-0.3, -0.25) is 4.79 Å². The molecule has 12 heavy (non-hydrogen) atoms. The Morgan fingerprint density at radius 3 is 2.92 bits per heavy atom. The van der Waals surface area contributed by atoms with Crippen molar-refractivity contribution in [2.45, 2.75) is 31.2 Å². The van der Waals surface area contributed by atoms with E-state index in [1.807, 2.05) is 0 Å². The summed E-state index contributed by atoms with van der Waals surface area (Å²) >= 11 is 0. The van der Waals surface area contributed by atoms with Gasteiger partial charge >= 0.3 is 0 Å². The van der Waals surface area contributed by atoms with Crippen LogP contribution in [0.15, 0.2) is 0 Å². The molecule has 2 aliphatic heterocycles. The Balaban J connectivity index is 2.05. The molecular weight excluding hydrogens is 152 g/mol. The molecule has 2 heterocycles. The summed E-state index contributed by atoms with van der Waals surface area (Å²) in [6, 6.07) is 0. The van der Waals surface area contributed by atoms with Crippen LogP contribution in [-0.4, -0.2) is 36.5 Å². The Morgan fingerprint density at radius 1 is 1.50 bits per heavy atom. The predicted octanol–water partition coefficient (Wildman–Crippen LogP) is 0.361. The quantitative estimate of drug-likeness (QED) is 0.566. The Bertz CT molecular complexity index is 205. The minimum Gasteiger partial charge on any atom is -0.349 e. The highest BCUT2D eigenvalue weighted by atomic mass is 16.2. The van der Waals surface area contributed by atoms with Gasteiger partial charge in [-0.25, -0.2) is 0 Å². The van der Waals surface area contributed by atoms with Gasteiger partial charge in [0.1, 0.15) is 0 Å². The van der Waals surface area contributed by atoms with Crippen molar-refractivity contribution in [1.82, 2.24) is 10.2 Å². The van der Waals surface area contributed by atoms with Crippen molar-refractivity contribution in [3.8, 4) is 0 Å². The number of nitrogens with one attached hydrogen (secondary N) is 1. The normalized spacial score (nSPS) is 37.2. The number of hydrogen-bond donors (Lipinski definition) is 1. The number of nitrogens with zero attached hydrogens (tertiary/aromatic N) is 1. The van der Waals surface area contributed by atoms with E-state index < -0.39 is 0 Å². The van der Waals surface area contributed by atoms with Crippen LogP contribution in [0.3, 0.4) is 0 Å². The summed E-state index contributed by atoms with van der Waals surface area (Å²) in [6.45, 7) is 2.22. The molecule has 3 heteroatoms. The molecule has 3 nitrogen and oxygen atoms in total. The molecule has 0 radical (unpaired) electrons. The van der Waals surface area contributed by atoms with Gasteiger partial charge in [-0.15, -0.1) is 0 Å². The van der Waals surface area contributed by atoms with Crippen LogP contribution in [0.4, 0.5) is 0 Å². The monoisotopic (exact) mass is 168 g/mol. The summed E-state index contributed by atoms with van der Waals surface area (Å²) in [4.78, 5) is 13.4. The lowest BCUT2D eigenvalue weighted by molar-refractivity contribution is -0.120. The number of amides is 1. The first kappa shape index (κ1) is 8.05. The van der Waals surface area contributed by atoms with Gasteiger partial charge in [-0.1, -0.05) is 0 Å². The molecule has 2 aliphatic rings. The van der Waals surface area contributed by atoms with E-state index in [4.69, 9.17) is 0 Å². The third-order valence-corrected chi connectivity index (χ3v) is 3.00. The van der Waals surface area contributed by atoms with E-state index >= 15 is 0 Å². The second-order valence-corrected chi connectivity index (χ2v) is 4.17. The average molecular weight is 168 g/mol. The molecular formula is C9H16N2O. The van der Waals surface area contributed by atoms with Gasteiger partial charge < -0.3 is 10.2 Å². The van der Waals surface area contributed by atoms with Crippen LogP contribution in [0, 0.1) is 0 Å². The summed E-state index contributed by atoms with van der Waals surface area (Å²) in [5.41, 5.74) is 0.143. The smallest absolute Gasteiger partial charge is 0.220 e. The molecule has 0 aromatic heterocycles. The van der Waals surface area contributed by atoms with Gasteiger partial charge in [0.25, 0.3) is 0 Å². The summed E-state index contributed by atoms with van der Waals surface area (Å²) in [5, 5.41) is 3.12. The molecule has 0 aliphatic carbocycles. The second-order valence-electron chi connectivity index (χ2n) is 4.17. The van der Waals surface area contributed by atoms with Crippen molar-refractivity contribution in [3.63, 3.8) is 0 Å². The van der Waals surface area contributed by atoms with E-state index in [1.165, 1.54) is 19.4 Å². The molecule has 68 valence electrons. The van der Waals surface area contributed by atoms with Crippen LogP contribution in [-0.2, 0) is 4.79 Å². The lowest BCUT2D eigenvalue weighted by Gasteiger charge is -2.38. The lowest BCUT2D eigenvalue weighted by atomic mass is 9.88. The van der Waals surface area contributed by atoms with E-state index in [0.29, 0.717) is 0 Å². The highest BCUT2D eigenvalue weighted by Crippen LogP contribution is 2.29. The van der Waals surface area contributed by atoms with Gasteiger partial charge in [-0.05, 0) is 32.9 Å². The minimum absolute atomic E-state index is 0.143.